The Hall–Kier alpha value is -2.34. The van der Waals surface area contributed by atoms with Crippen LogP contribution < -0.4 is 0 Å². The van der Waals surface area contributed by atoms with Crippen molar-refractivity contribution in [3.05, 3.63) is 107 Å². The van der Waals surface area contributed by atoms with Gasteiger partial charge in [-0.1, -0.05) is 99.6 Å². The van der Waals surface area contributed by atoms with Crippen molar-refractivity contribution in [2.24, 2.45) is 0 Å². The van der Waals surface area contributed by atoms with Gasteiger partial charge in [0.1, 0.15) is 0 Å². The van der Waals surface area contributed by atoms with Crippen molar-refractivity contribution in [2.45, 2.75) is 39.0 Å². The largest absolute Gasteiger partial charge is 0.0622 e. The standard InChI is InChI=1S/C24H26/c1-4-20-11-10-14-22(17-20)19(3)24-16-9-8-15-23(24)18(2)21-12-6-5-7-13-21/h5-19H,4H2,1-3H3. The maximum absolute atomic E-state index is 2.36. The van der Waals surface area contributed by atoms with Crippen LogP contribution in [-0.2, 0) is 6.42 Å². The lowest BCUT2D eigenvalue weighted by molar-refractivity contribution is 0.841. The predicted octanol–water partition coefficient (Wildman–Crippen LogP) is 6.55. The molecule has 0 aromatic heterocycles. The van der Waals surface area contributed by atoms with E-state index in [0.29, 0.717) is 11.8 Å². The maximum atomic E-state index is 2.36. The number of benzene rings is 3. The molecule has 3 aromatic carbocycles. The van der Waals surface area contributed by atoms with Gasteiger partial charge in [0.25, 0.3) is 0 Å². The zero-order valence-corrected chi connectivity index (χ0v) is 14.9. The molecular formula is C24H26. The quantitative estimate of drug-likeness (QED) is 0.500. The molecule has 0 aliphatic heterocycles. The summed E-state index contributed by atoms with van der Waals surface area (Å²) in [6.45, 7) is 6.85. The summed E-state index contributed by atoms with van der Waals surface area (Å²) in [6.07, 6.45) is 1.09. The van der Waals surface area contributed by atoms with Gasteiger partial charge in [-0.3, -0.25) is 0 Å². The van der Waals surface area contributed by atoms with E-state index in [-0.39, 0.29) is 0 Å². The van der Waals surface area contributed by atoms with Gasteiger partial charge in [-0.25, -0.2) is 0 Å². The Labute approximate surface area is 146 Å². The van der Waals surface area contributed by atoms with E-state index in [2.05, 4.69) is 99.6 Å². The van der Waals surface area contributed by atoms with Crippen molar-refractivity contribution in [3.63, 3.8) is 0 Å². The average molecular weight is 314 g/mol. The van der Waals surface area contributed by atoms with Crippen molar-refractivity contribution in [3.8, 4) is 0 Å². The molecule has 3 aromatic rings. The molecule has 2 atom stereocenters. The first-order valence-electron chi connectivity index (χ1n) is 8.93. The molecule has 3 rings (SSSR count). The van der Waals surface area contributed by atoms with Gasteiger partial charge < -0.3 is 0 Å². The molecule has 0 saturated heterocycles. The second-order valence-corrected chi connectivity index (χ2v) is 6.58. The van der Waals surface area contributed by atoms with Gasteiger partial charge in [0, 0.05) is 11.8 Å². The third kappa shape index (κ3) is 3.43. The fourth-order valence-electron chi connectivity index (χ4n) is 3.48. The van der Waals surface area contributed by atoms with Gasteiger partial charge in [0.2, 0.25) is 0 Å². The van der Waals surface area contributed by atoms with E-state index in [1.54, 1.807) is 0 Å². The summed E-state index contributed by atoms with van der Waals surface area (Å²) in [6, 6.07) is 28.7. The molecule has 0 saturated carbocycles. The number of aryl methyl sites for hydroxylation is 1. The van der Waals surface area contributed by atoms with Crippen LogP contribution in [-0.4, -0.2) is 0 Å². The highest BCUT2D eigenvalue weighted by atomic mass is 14.2. The molecule has 0 radical (unpaired) electrons. The zero-order chi connectivity index (χ0) is 16.9. The van der Waals surface area contributed by atoms with Gasteiger partial charge in [0.15, 0.2) is 0 Å². The predicted molar refractivity (Wildman–Crippen MR) is 104 cm³/mol. The molecule has 0 N–H and O–H groups in total. The molecule has 0 bridgehead atoms. The zero-order valence-electron chi connectivity index (χ0n) is 14.9. The summed E-state index contributed by atoms with van der Waals surface area (Å²) in [5.41, 5.74) is 7.05. The topological polar surface area (TPSA) is 0 Å². The first-order chi connectivity index (χ1) is 11.7. The monoisotopic (exact) mass is 314 g/mol. The molecule has 0 amide bonds. The molecule has 0 heterocycles. The lowest BCUT2D eigenvalue weighted by Gasteiger charge is -2.22. The third-order valence-electron chi connectivity index (χ3n) is 5.09. The molecule has 24 heavy (non-hydrogen) atoms. The van der Waals surface area contributed by atoms with E-state index < -0.39 is 0 Å². The fraction of sp³-hybridized carbons (Fsp3) is 0.250. The van der Waals surface area contributed by atoms with Crippen LogP contribution in [0.15, 0.2) is 78.9 Å². The second kappa shape index (κ2) is 7.49. The van der Waals surface area contributed by atoms with Crippen molar-refractivity contribution >= 4 is 0 Å². The average Bonchev–Trinajstić information content (AvgIpc) is 2.67. The minimum atomic E-state index is 0.402. The molecule has 0 aliphatic rings. The minimum Gasteiger partial charge on any atom is -0.0622 e. The summed E-state index contributed by atoms with van der Waals surface area (Å²) < 4.78 is 0. The van der Waals surface area contributed by atoms with E-state index in [9.17, 15) is 0 Å². The van der Waals surface area contributed by atoms with Crippen molar-refractivity contribution < 1.29 is 0 Å². The first-order valence-corrected chi connectivity index (χ1v) is 8.93. The molecule has 0 nitrogen and oxygen atoms in total. The Morgan fingerprint density at radius 3 is 1.79 bits per heavy atom. The highest BCUT2D eigenvalue weighted by Crippen LogP contribution is 2.34. The lowest BCUT2D eigenvalue weighted by Crippen LogP contribution is -2.05. The van der Waals surface area contributed by atoms with Crippen LogP contribution in [0.3, 0.4) is 0 Å². The third-order valence-corrected chi connectivity index (χ3v) is 5.09. The van der Waals surface area contributed by atoms with Gasteiger partial charge >= 0.3 is 0 Å². The van der Waals surface area contributed by atoms with Crippen molar-refractivity contribution in [1.29, 1.82) is 0 Å². The molecule has 0 fully saturated rings. The minimum absolute atomic E-state index is 0.402. The Morgan fingerprint density at radius 1 is 0.625 bits per heavy atom. The molecule has 0 aliphatic carbocycles. The Bertz CT molecular complexity index is 786. The van der Waals surface area contributed by atoms with E-state index >= 15 is 0 Å². The van der Waals surface area contributed by atoms with E-state index in [0.717, 1.165) is 6.42 Å². The Morgan fingerprint density at radius 2 is 1.17 bits per heavy atom. The Kier molecular flexibility index (Phi) is 5.15. The lowest BCUT2D eigenvalue weighted by atomic mass is 9.82. The van der Waals surface area contributed by atoms with Crippen molar-refractivity contribution in [1.82, 2.24) is 0 Å². The molecule has 0 spiro atoms. The van der Waals surface area contributed by atoms with Crippen LogP contribution in [0.2, 0.25) is 0 Å². The second-order valence-electron chi connectivity index (χ2n) is 6.58. The molecule has 0 heteroatoms. The van der Waals surface area contributed by atoms with Crippen LogP contribution in [0.5, 0.6) is 0 Å². The van der Waals surface area contributed by atoms with Gasteiger partial charge in [-0.05, 0) is 34.2 Å². The van der Waals surface area contributed by atoms with E-state index in [1.165, 1.54) is 27.8 Å². The van der Waals surface area contributed by atoms with Crippen LogP contribution in [0.1, 0.15) is 60.4 Å². The summed E-state index contributed by atoms with van der Waals surface area (Å²) in [5, 5.41) is 0. The number of rotatable bonds is 5. The summed E-state index contributed by atoms with van der Waals surface area (Å²) >= 11 is 0. The number of hydrogen-bond acceptors (Lipinski definition) is 0. The number of hydrogen-bond donors (Lipinski definition) is 0. The summed E-state index contributed by atoms with van der Waals surface area (Å²) in [5.74, 6) is 0.804. The van der Waals surface area contributed by atoms with Crippen LogP contribution in [0.4, 0.5) is 0 Å². The van der Waals surface area contributed by atoms with Gasteiger partial charge in [-0.15, -0.1) is 0 Å². The van der Waals surface area contributed by atoms with E-state index in [1.807, 2.05) is 0 Å². The highest BCUT2D eigenvalue weighted by Gasteiger charge is 2.17. The molecular weight excluding hydrogens is 288 g/mol. The first kappa shape index (κ1) is 16.5. The van der Waals surface area contributed by atoms with Gasteiger partial charge in [-0.2, -0.15) is 0 Å². The molecule has 2 unspecified atom stereocenters. The van der Waals surface area contributed by atoms with Gasteiger partial charge in [0.05, 0.1) is 0 Å². The maximum Gasteiger partial charge on any atom is 0.00640 e. The van der Waals surface area contributed by atoms with Crippen LogP contribution in [0.25, 0.3) is 0 Å². The summed E-state index contributed by atoms with van der Waals surface area (Å²) in [4.78, 5) is 0. The normalized spacial score (nSPS) is 13.5. The van der Waals surface area contributed by atoms with Crippen LogP contribution >= 0.6 is 0 Å². The summed E-state index contributed by atoms with van der Waals surface area (Å²) in [7, 11) is 0. The van der Waals surface area contributed by atoms with Crippen molar-refractivity contribution in [2.75, 3.05) is 0 Å². The molecule has 122 valence electrons. The van der Waals surface area contributed by atoms with E-state index in [4.69, 9.17) is 0 Å². The smallest absolute Gasteiger partial charge is 0.00640 e. The SMILES string of the molecule is CCc1cccc(C(C)c2ccccc2C(C)c2ccccc2)c1. The highest BCUT2D eigenvalue weighted by molar-refractivity contribution is 5.43. The van der Waals surface area contributed by atoms with Crippen LogP contribution in [0, 0.1) is 0 Å². The fourth-order valence-corrected chi connectivity index (χ4v) is 3.48. The Balaban J connectivity index is 1.99.